The van der Waals surface area contributed by atoms with Gasteiger partial charge in [0.15, 0.2) is 0 Å². The maximum absolute atomic E-state index is 11.7. The van der Waals surface area contributed by atoms with Crippen LogP contribution < -0.4 is 10.7 Å². The first-order valence-corrected chi connectivity index (χ1v) is 6.69. The van der Waals surface area contributed by atoms with Gasteiger partial charge in [0.25, 0.3) is 5.91 Å². The fourth-order valence-corrected chi connectivity index (χ4v) is 1.93. The third-order valence-electron chi connectivity index (χ3n) is 3.02. The minimum atomic E-state index is -0.192. The Balaban J connectivity index is 1.84. The maximum Gasteiger partial charge on any atom is 0.259 e. The second-order valence-corrected chi connectivity index (χ2v) is 4.69. The third kappa shape index (κ3) is 4.42. The van der Waals surface area contributed by atoms with Crippen molar-refractivity contribution >= 4 is 17.8 Å². The normalized spacial score (nSPS) is 10.6. The van der Waals surface area contributed by atoms with E-state index >= 15 is 0 Å². The molecule has 1 aromatic carbocycles. The summed E-state index contributed by atoms with van der Waals surface area (Å²) in [6.45, 7) is 4.20. The Bertz CT molecular complexity index is 618. The summed E-state index contributed by atoms with van der Waals surface area (Å²) >= 11 is 0. The number of aryl methyl sites for hydroxylation is 2. The smallest absolute Gasteiger partial charge is 0.259 e. The minimum absolute atomic E-state index is 0.180. The van der Waals surface area contributed by atoms with Crippen molar-refractivity contribution in [2.45, 2.75) is 13.8 Å². The molecule has 0 fully saturated rings. The van der Waals surface area contributed by atoms with Gasteiger partial charge in [-0.15, -0.1) is 0 Å². The lowest BCUT2D eigenvalue weighted by molar-refractivity contribution is -0.119. The molecule has 0 spiro atoms. The topological polar surface area (TPSA) is 66.4 Å². The Labute approximate surface area is 124 Å². The number of anilines is 1. The number of aromatic nitrogens is 1. The van der Waals surface area contributed by atoms with Gasteiger partial charge >= 0.3 is 0 Å². The van der Waals surface area contributed by atoms with Crippen molar-refractivity contribution in [1.82, 2.24) is 10.4 Å². The molecule has 2 aromatic rings. The predicted octanol–water partition coefficient (Wildman–Crippen LogP) is 2.26. The van der Waals surface area contributed by atoms with E-state index in [1.807, 2.05) is 44.2 Å². The molecule has 1 heterocycles. The molecule has 0 aliphatic rings. The summed E-state index contributed by atoms with van der Waals surface area (Å²) in [6.07, 6.45) is 4.93. The van der Waals surface area contributed by atoms with Crippen molar-refractivity contribution in [3.8, 4) is 0 Å². The van der Waals surface area contributed by atoms with Crippen LogP contribution in [0.3, 0.4) is 0 Å². The number of carbonyl (C=O) groups is 1. The number of hydrogen-bond donors (Lipinski definition) is 2. The summed E-state index contributed by atoms with van der Waals surface area (Å²) in [6, 6.07) is 9.63. The fraction of sp³-hybridized carbons (Fsp3) is 0.188. The van der Waals surface area contributed by atoms with Crippen molar-refractivity contribution in [2.75, 3.05) is 11.9 Å². The van der Waals surface area contributed by atoms with E-state index in [9.17, 15) is 4.79 Å². The molecule has 0 saturated heterocycles. The Morgan fingerprint density at radius 2 is 1.86 bits per heavy atom. The predicted molar refractivity (Wildman–Crippen MR) is 84.4 cm³/mol. The fourth-order valence-electron chi connectivity index (χ4n) is 1.93. The van der Waals surface area contributed by atoms with E-state index in [-0.39, 0.29) is 12.5 Å². The lowest BCUT2D eigenvalue weighted by atomic mass is 10.1. The summed E-state index contributed by atoms with van der Waals surface area (Å²) in [5, 5.41) is 7.04. The van der Waals surface area contributed by atoms with Crippen LogP contribution in [0.1, 0.15) is 16.7 Å². The molecule has 0 aliphatic heterocycles. The van der Waals surface area contributed by atoms with E-state index in [0.717, 1.165) is 22.4 Å². The average Bonchev–Trinajstić information content (AvgIpc) is 2.48. The van der Waals surface area contributed by atoms with Crippen molar-refractivity contribution in [2.24, 2.45) is 5.10 Å². The number of hydrazone groups is 1. The summed E-state index contributed by atoms with van der Waals surface area (Å²) in [4.78, 5) is 15.6. The van der Waals surface area contributed by atoms with E-state index in [2.05, 4.69) is 20.8 Å². The van der Waals surface area contributed by atoms with E-state index in [0.29, 0.717) is 0 Å². The van der Waals surface area contributed by atoms with Gasteiger partial charge in [0.05, 0.1) is 12.8 Å². The molecule has 2 N–H and O–H groups in total. The van der Waals surface area contributed by atoms with Crippen LogP contribution >= 0.6 is 0 Å². The van der Waals surface area contributed by atoms with Crippen molar-refractivity contribution in [3.63, 3.8) is 0 Å². The number of nitrogens with zero attached hydrogens (tertiary/aromatic N) is 2. The Morgan fingerprint density at radius 3 is 2.52 bits per heavy atom. The quantitative estimate of drug-likeness (QED) is 0.653. The lowest BCUT2D eigenvalue weighted by Crippen LogP contribution is -2.26. The second-order valence-electron chi connectivity index (χ2n) is 4.69. The van der Waals surface area contributed by atoms with Crippen molar-refractivity contribution < 1.29 is 4.79 Å². The molecule has 5 nitrogen and oxygen atoms in total. The van der Waals surface area contributed by atoms with Crippen LogP contribution in [0.5, 0.6) is 0 Å². The minimum Gasteiger partial charge on any atom is -0.376 e. The average molecular weight is 282 g/mol. The molecule has 108 valence electrons. The summed E-state index contributed by atoms with van der Waals surface area (Å²) in [5.41, 5.74) is 6.59. The Hall–Kier alpha value is -2.69. The number of benzene rings is 1. The van der Waals surface area contributed by atoms with Gasteiger partial charge in [-0.05, 0) is 42.7 Å². The number of amides is 1. The molecule has 0 atom stereocenters. The highest BCUT2D eigenvalue weighted by Gasteiger charge is 2.04. The highest BCUT2D eigenvalue weighted by Crippen LogP contribution is 2.18. The first-order valence-electron chi connectivity index (χ1n) is 6.69. The van der Waals surface area contributed by atoms with Crippen molar-refractivity contribution in [1.29, 1.82) is 0 Å². The molecule has 5 heteroatoms. The number of nitrogens with one attached hydrogen (secondary N) is 2. The van der Waals surface area contributed by atoms with Gasteiger partial charge in [-0.1, -0.05) is 18.2 Å². The van der Waals surface area contributed by atoms with E-state index in [4.69, 9.17) is 0 Å². The first kappa shape index (κ1) is 14.7. The van der Waals surface area contributed by atoms with E-state index < -0.39 is 0 Å². The zero-order valence-electron chi connectivity index (χ0n) is 12.1. The molecular weight excluding hydrogens is 264 g/mol. The van der Waals surface area contributed by atoms with Crippen LogP contribution in [-0.4, -0.2) is 23.7 Å². The molecule has 0 radical (unpaired) electrons. The van der Waals surface area contributed by atoms with Gasteiger partial charge in [-0.2, -0.15) is 5.10 Å². The van der Waals surface area contributed by atoms with Crippen molar-refractivity contribution in [3.05, 3.63) is 59.4 Å². The van der Waals surface area contributed by atoms with Gasteiger partial charge in [0.2, 0.25) is 0 Å². The summed E-state index contributed by atoms with van der Waals surface area (Å²) in [5.74, 6) is -0.192. The number of pyridine rings is 1. The SMILES string of the molecule is Cc1cccc(C)c1NCC(=O)NN=Cc1ccncc1. The van der Waals surface area contributed by atoms with Crippen LogP contribution in [0, 0.1) is 13.8 Å². The highest BCUT2D eigenvalue weighted by atomic mass is 16.2. The van der Waals surface area contributed by atoms with Crippen LogP contribution in [-0.2, 0) is 4.79 Å². The zero-order chi connectivity index (χ0) is 15.1. The number of hydrogen-bond acceptors (Lipinski definition) is 4. The largest absolute Gasteiger partial charge is 0.376 e. The van der Waals surface area contributed by atoms with Gasteiger partial charge in [0.1, 0.15) is 0 Å². The van der Waals surface area contributed by atoms with Crippen LogP contribution in [0.2, 0.25) is 0 Å². The Morgan fingerprint density at radius 1 is 1.19 bits per heavy atom. The molecule has 0 bridgehead atoms. The number of carbonyl (C=O) groups excluding carboxylic acids is 1. The zero-order valence-corrected chi connectivity index (χ0v) is 12.1. The van der Waals surface area contributed by atoms with E-state index in [1.54, 1.807) is 18.6 Å². The highest BCUT2D eigenvalue weighted by molar-refractivity contribution is 5.84. The molecule has 2 rings (SSSR count). The van der Waals surface area contributed by atoms with Gasteiger partial charge < -0.3 is 5.32 Å². The number of para-hydroxylation sites is 1. The van der Waals surface area contributed by atoms with Gasteiger partial charge in [-0.25, -0.2) is 5.43 Å². The summed E-state index contributed by atoms with van der Waals surface area (Å²) in [7, 11) is 0. The monoisotopic (exact) mass is 282 g/mol. The second kappa shape index (κ2) is 7.19. The molecule has 1 aromatic heterocycles. The molecule has 0 aliphatic carbocycles. The van der Waals surface area contributed by atoms with Crippen LogP contribution in [0.25, 0.3) is 0 Å². The maximum atomic E-state index is 11.7. The molecule has 0 saturated carbocycles. The molecular formula is C16H18N4O. The molecule has 1 amide bonds. The molecule has 21 heavy (non-hydrogen) atoms. The van der Waals surface area contributed by atoms with Crippen LogP contribution in [0.15, 0.2) is 47.8 Å². The van der Waals surface area contributed by atoms with Gasteiger partial charge in [0, 0.05) is 18.1 Å². The van der Waals surface area contributed by atoms with Gasteiger partial charge in [-0.3, -0.25) is 9.78 Å². The number of rotatable bonds is 5. The Kier molecular flexibility index (Phi) is 5.04. The van der Waals surface area contributed by atoms with Crippen LogP contribution in [0.4, 0.5) is 5.69 Å². The first-order chi connectivity index (χ1) is 10.2. The molecule has 0 unspecified atom stereocenters. The third-order valence-corrected chi connectivity index (χ3v) is 3.02. The summed E-state index contributed by atoms with van der Waals surface area (Å²) < 4.78 is 0. The standard InChI is InChI=1S/C16H18N4O/c1-12-4-3-5-13(2)16(12)18-11-15(21)20-19-10-14-6-8-17-9-7-14/h3-10,18H,11H2,1-2H3,(H,20,21). The van der Waals surface area contributed by atoms with E-state index in [1.165, 1.54) is 0 Å². The lowest BCUT2D eigenvalue weighted by Gasteiger charge is -2.11.